The predicted octanol–water partition coefficient (Wildman–Crippen LogP) is 16.6. The van der Waals surface area contributed by atoms with Gasteiger partial charge in [0.05, 0.1) is 22.8 Å². The number of rotatable bonds is 3. The maximum Gasteiger partial charge on any atom is 0.136 e. The van der Waals surface area contributed by atoms with Gasteiger partial charge in [-0.05, 0) is 127 Å². The molecule has 2 aliphatic heterocycles. The Balaban J connectivity index is 1.08. The first-order valence-corrected chi connectivity index (χ1v) is 23.4. The molecule has 0 N–H and O–H groups in total. The van der Waals surface area contributed by atoms with Gasteiger partial charge >= 0.3 is 0 Å². The number of fused-ring (bicyclic) bond motifs is 15. The third kappa shape index (κ3) is 5.79. The van der Waals surface area contributed by atoms with Gasteiger partial charge < -0.3 is 8.98 Å². The first kappa shape index (κ1) is 37.4. The molecule has 3 unspecified atom stereocenters. The van der Waals surface area contributed by atoms with Crippen LogP contribution in [0.5, 0.6) is 0 Å². The third-order valence-corrected chi connectivity index (χ3v) is 14.8. The molecule has 312 valence electrons. The first-order chi connectivity index (χ1) is 32.6. The van der Waals surface area contributed by atoms with E-state index < -0.39 is 0 Å². The summed E-state index contributed by atoms with van der Waals surface area (Å²) in [5.41, 5.74) is 15.3. The summed E-state index contributed by atoms with van der Waals surface area (Å²) in [5.74, 6) is 0.136. The van der Waals surface area contributed by atoms with E-state index in [9.17, 15) is 0 Å². The highest BCUT2D eigenvalue weighted by Crippen LogP contribution is 2.50. The van der Waals surface area contributed by atoms with Crippen molar-refractivity contribution < 1.29 is 4.42 Å². The highest BCUT2D eigenvalue weighted by molar-refractivity contribution is 6.18. The van der Waals surface area contributed by atoms with Gasteiger partial charge in [-0.3, -0.25) is 4.99 Å². The van der Waals surface area contributed by atoms with Gasteiger partial charge in [0.15, 0.2) is 0 Å². The highest BCUT2D eigenvalue weighted by atomic mass is 16.3. The SMILES string of the molecule is CC1C/C=C2\c3c(ccc4oc5cc6ccccc6cc5c34)-n3c4cc(ccc4c4cc5ccccc5cc43)CC2C(c2ccc(-c3ccccc3)cc2)N=C1c1ccc2ccccc2c1. The molecule has 10 aromatic carbocycles. The Labute approximate surface area is 382 Å². The Bertz CT molecular complexity index is 4020. The van der Waals surface area contributed by atoms with Gasteiger partial charge in [-0.15, -0.1) is 0 Å². The van der Waals surface area contributed by atoms with Crippen molar-refractivity contribution in [2.24, 2.45) is 16.8 Å². The first-order valence-electron chi connectivity index (χ1n) is 23.4. The van der Waals surface area contributed by atoms with Crippen LogP contribution in [0.15, 0.2) is 216 Å². The van der Waals surface area contributed by atoms with Gasteiger partial charge in [-0.25, -0.2) is 0 Å². The van der Waals surface area contributed by atoms with Gasteiger partial charge in [0.1, 0.15) is 11.2 Å². The second-order valence-corrected chi connectivity index (χ2v) is 18.6. The van der Waals surface area contributed by atoms with Crippen molar-refractivity contribution in [2.45, 2.75) is 25.8 Å². The normalized spacial score (nSPS) is 18.2. The summed E-state index contributed by atoms with van der Waals surface area (Å²) in [6, 6.07) is 74.0. The van der Waals surface area contributed by atoms with Crippen LogP contribution in [0, 0.1) is 11.8 Å². The van der Waals surface area contributed by atoms with E-state index in [0.29, 0.717) is 0 Å². The smallest absolute Gasteiger partial charge is 0.136 e. The Morgan fingerprint density at radius 2 is 1.14 bits per heavy atom. The van der Waals surface area contributed by atoms with Crippen molar-refractivity contribution >= 4 is 87.3 Å². The van der Waals surface area contributed by atoms with E-state index >= 15 is 0 Å². The molecule has 3 atom stereocenters. The number of hydrogen-bond donors (Lipinski definition) is 0. The van der Waals surface area contributed by atoms with Crippen molar-refractivity contribution in [1.29, 1.82) is 0 Å². The van der Waals surface area contributed by atoms with Crippen LogP contribution in [0.2, 0.25) is 0 Å². The zero-order valence-corrected chi connectivity index (χ0v) is 36.6. The minimum Gasteiger partial charge on any atom is -0.456 e. The average molecular weight is 845 g/mol. The molecule has 2 bridgehead atoms. The van der Waals surface area contributed by atoms with Crippen LogP contribution in [0.4, 0.5) is 0 Å². The lowest BCUT2D eigenvalue weighted by Gasteiger charge is -2.33. The van der Waals surface area contributed by atoms with Crippen LogP contribution in [0.3, 0.4) is 0 Å². The van der Waals surface area contributed by atoms with Gasteiger partial charge in [0.2, 0.25) is 0 Å². The second kappa shape index (κ2) is 14.5. The molecule has 0 saturated carbocycles. The second-order valence-electron chi connectivity index (χ2n) is 18.6. The summed E-state index contributed by atoms with van der Waals surface area (Å²) in [6.45, 7) is 2.37. The quantitative estimate of drug-likeness (QED) is 0.174. The van der Waals surface area contributed by atoms with E-state index in [2.05, 4.69) is 218 Å². The van der Waals surface area contributed by atoms with E-state index in [0.717, 1.165) is 35.1 Å². The Hall–Kier alpha value is -8.01. The molecule has 0 saturated heterocycles. The topological polar surface area (TPSA) is 30.4 Å². The highest BCUT2D eigenvalue weighted by Gasteiger charge is 2.35. The van der Waals surface area contributed by atoms with E-state index in [4.69, 9.17) is 9.41 Å². The lowest BCUT2D eigenvalue weighted by Crippen LogP contribution is -2.23. The molecule has 2 aromatic heterocycles. The minimum atomic E-state index is -0.193. The van der Waals surface area contributed by atoms with Crippen molar-refractivity contribution in [3.63, 3.8) is 0 Å². The Morgan fingerprint density at radius 3 is 1.91 bits per heavy atom. The molecule has 3 nitrogen and oxygen atoms in total. The van der Waals surface area contributed by atoms with Gasteiger partial charge in [0, 0.05) is 44.7 Å². The zero-order valence-electron chi connectivity index (χ0n) is 36.6. The number of aromatic nitrogens is 1. The fourth-order valence-electron chi connectivity index (χ4n) is 11.5. The summed E-state index contributed by atoms with van der Waals surface area (Å²) in [5, 5.41) is 12.2. The molecule has 0 aliphatic carbocycles. The van der Waals surface area contributed by atoms with Crippen molar-refractivity contribution in [3.05, 3.63) is 229 Å². The molecule has 0 spiro atoms. The van der Waals surface area contributed by atoms with E-state index in [-0.39, 0.29) is 17.9 Å². The number of furan rings is 1. The van der Waals surface area contributed by atoms with E-state index in [1.807, 2.05) is 0 Å². The van der Waals surface area contributed by atoms with Gasteiger partial charge in [-0.2, -0.15) is 0 Å². The maximum atomic E-state index is 6.95. The summed E-state index contributed by atoms with van der Waals surface area (Å²) in [7, 11) is 0. The van der Waals surface area contributed by atoms with Crippen molar-refractivity contribution in [2.75, 3.05) is 0 Å². The van der Waals surface area contributed by atoms with Crippen LogP contribution in [0.25, 0.3) is 98.4 Å². The third-order valence-electron chi connectivity index (χ3n) is 14.8. The predicted molar refractivity (Wildman–Crippen MR) is 277 cm³/mol. The Kier molecular flexibility index (Phi) is 8.21. The average Bonchev–Trinajstić information content (AvgIpc) is 3.89. The monoisotopic (exact) mass is 844 g/mol. The van der Waals surface area contributed by atoms with Crippen LogP contribution in [-0.2, 0) is 6.42 Å². The number of aliphatic imine (C=N–C) groups is 1. The molecular formula is C63H44N2O. The van der Waals surface area contributed by atoms with E-state index in [1.54, 1.807) is 0 Å². The summed E-state index contributed by atoms with van der Waals surface area (Å²) in [4.78, 5) is 6.10. The molecule has 14 rings (SSSR count). The molecule has 0 radical (unpaired) electrons. The van der Waals surface area contributed by atoms with E-state index in [1.165, 1.54) is 104 Å². The molecular weight excluding hydrogens is 801 g/mol. The molecule has 12 aromatic rings. The summed E-state index contributed by atoms with van der Waals surface area (Å²) < 4.78 is 9.51. The van der Waals surface area contributed by atoms with Crippen LogP contribution >= 0.6 is 0 Å². The Morgan fingerprint density at radius 1 is 0.500 bits per heavy atom. The molecule has 0 amide bonds. The molecule has 66 heavy (non-hydrogen) atoms. The van der Waals surface area contributed by atoms with Gasteiger partial charge in [0.25, 0.3) is 0 Å². The largest absolute Gasteiger partial charge is 0.456 e. The molecule has 4 heterocycles. The lowest BCUT2D eigenvalue weighted by molar-refractivity contribution is 0.526. The standard InChI is InChI=1S/C63H44N2O/c1-38-19-27-51-53(63(43-24-21-42(22-25-43)40-11-3-2-4-12-40)64-62(38)49-26-23-41-13-5-6-14-44(41)33-49)31-39-20-28-50-52-34-45-15-7-9-17-47(45)36-57(52)65(56(50)32-39)55-29-30-58-61(60(51)55)54-35-46-16-8-10-18-48(46)37-59(54)66-58/h2-18,20-30,32-38,53,63H,19,31H2,1H3/b51-27-,64-62?. The fourth-order valence-corrected chi connectivity index (χ4v) is 11.5. The number of benzene rings is 10. The summed E-state index contributed by atoms with van der Waals surface area (Å²) >= 11 is 0. The van der Waals surface area contributed by atoms with Crippen molar-refractivity contribution in [1.82, 2.24) is 4.57 Å². The van der Waals surface area contributed by atoms with Crippen molar-refractivity contribution in [3.8, 4) is 16.8 Å². The lowest BCUT2D eigenvalue weighted by atomic mass is 9.76. The molecule has 3 heteroatoms. The van der Waals surface area contributed by atoms with Gasteiger partial charge in [-0.1, -0.05) is 165 Å². The number of hydrogen-bond acceptors (Lipinski definition) is 2. The van der Waals surface area contributed by atoms with Crippen LogP contribution < -0.4 is 0 Å². The minimum absolute atomic E-state index is 0.0144. The van der Waals surface area contributed by atoms with Crippen LogP contribution in [0.1, 0.15) is 41.6 Å². The maximum absolute atomic E-state index is 6.95. The number of allylic oxidation sites excluding steroid dienone is 1. The summed E-state index contributed by atoms with van der Waals surface area (Å²) in [6.07, 6.45) is 4.25. The molecule has 2 aliphatic rings. The zero-order chi connectivity index (χ0) is 43.5. The fraction of sp³-hybridized carbons (Fsp3) is 0.0952. The van der Waals surface area contributed by atoms with Crippen LogP contribution in [-0.4, -0.2) is 10.3 Å². The molecule has 0 fully saturated rings. The number of nitrogens with zero attached hydrogens (tertiary/aromatic N) is 2.